The number of H-pyrrole nitrogens is 1. The van der Waals surface area contributed by atoms with E-state index in [1.807, 2.05) is 0 Å². The Labute approximate surface area is 120 Å². The molecule has 0 aromatic carbocycles. The SMILES string of the molecule is CC(C)N(C)CCCNC(=O)C1Cc2nc[nH]c2CN1. The molecule has 0 saturated carbocycles. The van der Waals surface area contributed by atoms with Crippen LogP contribution in [0.3, 0.4) is 0 Å². The number of carbonyl (C=O) groups excluding carboxylic acids is 1. The minimum Gasteiger partial charge on any atom is -0.355 e. The summed E-state index contributed by atoms with van der Waals surface area (Å²) in [6.45, 7) is 6.75. The Morgan fingerprint density at radius 2 is 2.40 bits per heavy atom. The molecule has 1 atom stereocenters. The van der Waals surface area contributed by atoms with Crippen molar-refractivity contribution in [1.29, 1.82) is 0 Å². The van der Waals surface area contributed by atoms with Crippen LogP contribution in [-0.2, 0) is 17.8 Å². The van der Waals surface area contributed by atoms with E-state index < -0.39 is 0 Å². The highest BCUT2D eigenvalue weighted by Crippen LogP contribution is 2.11. The molecule has 1 aromatic rings. The zero-order chi connectivity index (χ0) is 14.5. The zero-order valence-electron chi connectivity index (χ0n) is 12.6. The van der Waals surface area contributed by atoms with Gasteiger partial charge in [-0.05, 0) is 33.9 Å². The molecule has 0 radical (unpaired) electrons. The Hall–Kier alpha value is -1.40. The van der Waals surface area contributed by atoms with Crippen LogP contribution < -0.4 is 10.6 Å². The van der Waals surface area contributed by atoms with Crippen LogP contribution in [0.5, 0.6) is 0 Å². The van der Waals surface area contributed by atoms with Gasteiger partial charge in [0.15, 0.2) is 0 Å². The van der Waals surface area contributed by atoms with Gasteiger partial charge in [-0.15, -0.1) is 0 Å². The third kappa shape index (κ3) is 3.80. The highest BCUT2D eigenvalue weighted by molar-refractivity contribution is 5.82. The quantitative estimate of drug-likeness (QED) is 0.654. The van der Waals surface area contributed by atoms with Crippen LogP contribution in [0.15, 0.2) is 6.33 Å². The maximum absolute atomic E-state index is 12.1. The van der Waals surface area contributed by atoms with E-state index >= 15 is 0 Å². The number of amides is 1. The molecule has 0 fully saturated rings. The average Bonchev–Trinajstić information content (AvgIpc) is 2.90. The lowest BCUT2D eigenvalue weighted by Gasteiger charge is -2.23. The number of nitrogens with one attached hydrogen (secondary N) is 3. The Morgan fingerprint density at radius 3 is 3.15 bits per heavy atom. The third-order valence-corrected chi connectivity index (χ3v) is 3.92. The van der Waals surface area contributed by atoms with Gasteiger partial charge in [0, 0.05) is 25.6 Å². The number of hydrogen-bond acceptors (Lipinski definition) is 4. The van der Waals surface area contributed by atoms with Gasteiger partial charge in [0.25, 0.3) is 0 Å². The lowest BCUT2D eigenvalue weighted by atomic mass is 10.0. The van der Waals surface area contributed by atoms with Crippen molar-refractivity contribution in [3.05, 3.63) is 17.7 Å². The summed E-state index contributed by atoms with van der Waals surface area (Å²) in [5, 5.41) is 6.24. The monoisotopic (exact) mass is 279 g/mol. The molecular weight excluding hydrogens is 254 g/mol. The molecule has 1 amide bonds. The summed E-state index contributed by atoms with van der Waals surface area (Å²) in [7, 11) is 2.11. The molecule has 112 valence electrons. The predicted octanol–water partition coefficient (Wildman–Crippen LogP) is 0.271. The Balaban J connectivity index is 1.69. The Kier molecular flexibility index (Phi) is 5.14. The van der Waals surface area contributed by atoms with Gasteiger partial charge in [0.1, 0.15) is 0 Å². The minimum atomic E-state index is -0.159. The lowest BCUT2D eigenvalue weighted by Crippen LogP contribution is -2.48. The van der Waals surface area contributed by atoms with Crippen LogP contribution >= 0.6 is 0 Å². The standard InChI is InChI=1S/C14H25N5O/c1-10(2)19(3)6-4-5-15-14(20)12-7-11-13(8-16-12)18-9-17-11/h9-10,12,16H,4-8H2,1-3H3,(H,15,20)(H,17,18). The average molecular weight is 279 g/mol. The fraction of sp³-hybridized carbons (Fsp3) is 0.714. The molecule has 1 aliphatic heterocycles. The van der Waals surface area contributed by atoms with Crippen LogP contribution in [0.4, 0.5) is 0 Å². The highest BCUT2D eigenvalue weighted by atomic mass is 16.2. The molecule has 2 heterocycles. The molecule has 1 unspecified atom stereocenters. The number of carbonyl (C=O) groups is 1. The maximum atomic E-state index is 12.1. The number of aromatic amines is 1. The molecule has 0 bridgehead atoms. The topological polar surface area (TPSA) is 73.0 Å². The first-order valence-electron chi connectivity index (χ1n) is 7.30. The smallest absolute Gasteiger partial charge is 0.237 e. The van der Waals surface area contributed by atoms with E-state index in [9.17, 15) is 4.79 Å². The zero-order valence-corrected chi connectivity index (χ0v) is 12.6. The fourth-order valence-corrected chi connectivity index (χ4v) is 2.28. The second kappa shape index (κ2) is 6.85. The lowest BCUT2D eigenvalue weighted by molar-refractivity contribution is -0.123. The minimum absolute atomic E-state index is 0.0749. The van der Waals surface area contributed by atoms with Crippen LogP contribution in [0.1, 0.15) is 31.7 Å². The van der Waals surface area contributed by atoms with E-state index in [2.05, 4.69) is 46.4 Å². The summed E-state index contributed by atoms with van der Waals surface area (Å²) in [5.41, 5.74) is 2.09. The second-order valence-electron chi connectivity index (χ2n) is 5.68. The first-order chi connectivity index (χ1) is 9.58. The van der Waals surface area contributed by atoms with Crippen molar-refractivity contribution in [2.24, 2.45) is 0 Å². The summed E-state index contributed by atoms with van der Waals surface area (Å²) in [6.07, 6.45) is 3.33. The van der Waals surface area contributed by atoms with E-state index in [4.69, 9.17) is 0 Å². The van der Waals surface area contributed by atoms with Gasteiger partial charge >= 0.3 is 0 Å². The van der Waals surface area contributed by atoms with Crippen LogP contribution in [0.25, 0.3) is 0 Å². The number of imidazole rings is 1. The van der Waals surface area contributed by atoms with Crippen LogP contribution in [0.2, 0.25) is 0 Å². The van der Waals surface area contributed by atoms with Crippen molar-refractivity contribution in [2.45, 2.75) is 45.3 Å². The van der Waals surface area contributed by atoms with E-state index in [0.717, 1.165) is 30.9 Å². The maximum Gasteiger partial charge on any atom is 0.237 e. The Bertz CT molecular complexity index is 443. The van der Waals surface area contributed by atoms with E-state index in [1.165, 1.54) is 0 Å². The molecule has 3 N–H and O–H groups in total. The van der Waals surface area contributed by atoms with Gasteiger partial charge in [0.05, 0.1) is 23.8 Å². The number of rotatable bonds is 6. The van der Waals surface area contributed by atoms with Crippen molar-refractivity contribution in [1.82, 2.24) is 25.5 Å². The highest BCUT2D eigenvalue weighted by Gasteiger charge is 2.25. The summed E-state index contributed by atoms with van der Waals surface area (Å²) >= 11 is 0. The van der Waals surface area contributed by atoms with Crippen molar-refractivity contribution in [3.63, 3.8) is 0 Å². The largest absolute Gasteiger partial charge is 0.355 e. The molecule has 20 heavy (non-hydrogen) atoms. The van der Waals surface area contributed by atoms with Gasteiger partial charge < -0.3 is 15.2 Å². The summed E-state index contributed by atoms with van der Waals surface area (Å²) in [5.74, 6) is 0.0749. The molecule has 1 aromatic heterocycles. The molecule has 0 saturated heterocycles. The van der Waals surface area contributed by atoms with Crippen molar-refractivity contribution < 1.29 is 4.79 Å². The molecule has 1 aliphatic rings. The van der Waals surface area contributed by atoms with E-state index in [0.29, 0.717) is 19.0 Å². The molecule has 2 rings (SSSR count). The van der Waals surface area contributed by atoms with Crippen LogP contribution in [-0.4, -0.2) is 53.0 Å². The molecular formula is C14H25N5O. The number of hydrogen-bond donors (Lipinski definition) is 3. The van der Waals surface area contributed by atoms with Gasteiger partial charge in [0.2, 0.25) is 5.91 Å². The van der Waals surface area contributed by atoms with Crippen LogP contribution in [0, 0.1) is 0 Å². The van der Waals surface area contributed by atoms with Gasteiger partial charge in [-0.2, -0.15) is 0 Å². The van der Waals surface area contributed by atoms with Crippen molar-refractivity contribution in [2.75, 3.05) is 20.1 Å². The van der Waals surface area contributed by atoms with Crippen molar-refractivity contribution >= 4 is 5.91 Å². The number of aromatic nitrogens is 2. The third-order valence-electron chi connectivity index (χ3n) is 3.92. The number of fused-ring (bicyclic) bond motifs is 1. The molecule has 0 spiro atoms. The molecule has 6 nitrogen and oxygen atoms in total. The van der Waals surface area contributed by atoms with Gasteiger partial charge in [-0.25, -0.2) is 4.98 Å². The van der Waals surface area contributed by atoms with E-state index in [1.54, 1.807) is 6.33 Å². The Morgan fingerprint density at radius 1 is 1.60 bits per heavy atom. The first kappa shape index (κ1) is 15.0. The van der Waals surface area contributed by atoms with Crippen molar-refractivity contribution in [3.8, 4) is 0 Å². The van der Waals surface area contributed by atoms with Gasteiger partial charge in [-0.1, -0.05) is 0 Å². The van der Waals surface area contributed by atoms with E-state index in [-0.39, 0.29) is 11.9 Å². The van der Waals surface area contributed by atoms with Gasteiger partial charge in [-0.3, -0.25) is 10.1 Å². The molecule has 6 heteroatoms. The molecule has 0 aliphatic carbocycles. The summed E-state index contributed by atoms with van der Waals surface area (Å²) < 4.78 is 0. The first-order valence-corrected chi connectivity index (χ1v) is 7.30. The predicted molar refractivity (Wildman–Crippen MR) is 78.3 cm³/mol. The summed E-state index contributed by atoms with van der Waals surface area (Å²) in [6, 6.07) is 0.387. The normalized spacial score (nSPS) is 18.4. The summed E-state index contributed by atoms with van der Waals surface area (Å²) in [4.78, 5) is 21.7. The second-order valence-corrected chi connectivity index (χ2v) is 5.68. The number of nitrogens with zero attached hydrogens (tertiary/aromatic N) is 2. The fourth-order valence-electron chi connectivity index (χ4n) is 2.28.